The van der Waals surface area contributed by atoms with E-state index in [4.69, 9.17) is 19.0 Å². The summed E-state index contributed by atoms with van der Waals surface area (Å²) < 4.78 is 54.0. The molecule has 1 aromatic carbocycles. The van der Waals surface area contributed by atoms with Crippen molar-refractivity contribution < 1.29 is 52.3 Å². The van der Waals surface area contributed by atoms with Crippen molar-refractivity contribution in [3.8, 4) is 5.75 Å². The lowest BCUT2D eigenvalue weighted by atomic mass is 9.99. The lowest BCUT2D eigenvalue weighted by Gasteiger charge is -2.38. The van der Waals surface area contributed by atoms with Crippen molar-refractivity contribution >= 4 is 16.9 Å². The highest BCUT2D eigenvalue weighted by molar-refractivity contribution is 5.82. The van der Waals surface area contributed by atoms with Gasteiger partial charge in [0.1, 0.15) is 29.6 Å². The third kappa shape index (κ3) is 3.67. The topological polar surface area (TPSA) is 147 Å². The fraction of sp³-hybridized carbons (Fsp3) is 0.375. The van der Waals surface area contributed by atoms with Gasteiger partial charge in [-0.2, -0.15) is 13.2 Å². The van der Waals surface area contributed by atoms with Crippen LogP contribution in [0.15, 0.2) is 33.5 Å². The first-order chi connectivity index (χ1) is 13.0. The predicted molar refractivity (Wildman–Crippen MR) is 82.4 cm³/mol. The van der Waals surface area contributed by atoms with E-state index < -0.39 is 65.0 Å². The van der Waals surface area contributed by atoms with Gasteiger partial charge < -0.3 is 34.3 Å². The number of alkyl halides is 3. The minimum Gasteiger partial charge on any atom is -0.479 e. The molecule has 0 saturated carbocycles. The minimum atomic E-state index is -4.81. The van der Waals surface area contributed by atoms with E-state index in [9.17, 15) is 38.1 Å². The van der Waals surface area contributed by atoms with Crippen LogP contribution < -0.4 is 10.4 Å². The van der Waals surface area contributed by atoms with Crippen LogP contribution in [-0.2, 0) is 15.7 Å². The Morgan fingerprint density at radius 2 is 1.75 bits per heavy atom. The average Bonchev–Trinajstić information content (AvgIpc) is 2.60. The second-order valence-electron chi connectivity index (χ2n) is 5.99. The molecule has 4 N–H and O–H groups in total. The zero-order valence-corrected chi connectivity index (χ0v) is 13.7. The normalized spacial score (nSPS) is 28.3. The van der Waals surface area contributed by atoms with Gasteiger partial charge in [0.15, 0.2) is 6.10 Å². The Balaban J connectivity index is 1.94. The summed E-state index contributed by atoms with van der Waals surface area (Å²) in [5.41, 5.74) is -2.95. The molecule has 0 spiro atoms. The third-order valence-corrected chi connectivity index (χ3v) is 4.09. The molecule has 3 rings (SSSR count). The molecule has 5 atom stereocenters. The molecule has 0 aliphatic carbocycles. The fourth-order valence-electron chi connectivity index (χ4n) is 2.73. The van der Waals surface area contributed by atoms with E-state index in [1.165, 1.54) is 0 Å². The number of carboxylic acid groups (broad SMARTS) is 1. The zero-order chi connectivity index (χ0) is 20.8. The van der Waals surface area contributed by atoms with Crippen LogP contribution in [0.4, 0.5) is 13.2 Å². The van der Waals surface area contributed by atoms with Gasteiger partial charge >= 0.3 is 17.8 Å². The maximum absolute atomic E-state index is 13.0. The van der Waals surface area contributed by atoms with E-state index in [-0.39, 0.29) is 5.75 Å². The largest absolute Gasteiger partial charge is 0.479 e. The highest BCUT2D eigenvalue weighted by Gasteiger charge is 2.48. The maximum Gasteiger partial charge on any atom is 0.417 e. The van der Waals surface area contributed by atoms with Gasteiger partial charge in [-0.25, -0.2) is 9.59 Å². The molecule has 28 heavy (non-hydrogen) atoms. The van der Waals surface area contributed by atoms with Crippen molar-refractivity contribution in [1.29, 1.82) is 0 Å². The number of fused-ring (bicyclic) bond motifs is 1. The Hall–Kier alpha value is -2.67. The second-order valence-corrected chi connectivity index (χ2v) is 5.99. The molecular weight excluding hydrogens is 393 g/mol. The highest BCUT2D eigenvalue weighted by atomic mass is 19.4. The molecule has 0 amide bonds. The molecule has 152 valence electrons. The summed E-state index contributed by atoms with van der Waals surface area (Å²) in [6, 6.07) is 3.20. The van der Waals surface area contributed by atoms with Crippen LogP contribution in [0.3, 0.4) is 0 Å². The van der Waals surface area contributed by atoms with Gasteiger partial charge in [-0.1, -0.05) is 0 Å². The Morgan fingerprint density at radius 1 is 1.07 bits per heavy atom. The summed E-state index contributed by atoms with van der Waals surface area (Å²) in [5, 5.41) is 37.8. The lowest BCUT2D eigenvalue weighted by Crippen LogP contribution is -2.61. The number of rotatable bonds is 3. The van der Waals surface area contributed by atoms with Gasteiger partial charge in [0.25, 0.3) is 0 Å². The van der Waals surface area contributed by atoms with E-state index in [1.807, 2.05) is 0 Å². The van der Waals surface area contributed by atoms with E-state index in [0.717, 1.165) is 18.2 Å². The van der Waals surface area contributed by atoms with E-state index in [0.29, 0.717) is 6.07 Å². The molecule has 1 aliphatic heterocycles. The molecule has 0 bridgehead atoms. The third-order valence-electron chi connectivity index (χ3n) is 4.09. The van der Waals surface area contributed by atoms with Gasteiger partial charge in [-0.15, -0.1) is 0 Å². The van der Waals surface area contributed by atoms with Crippen LogP contribution >= 0.6 is 0 Å². The average molecular weight is 406 g/mol. The van der Waals surface area contributed by atoms with Crippen molar-refractivity contribution in [2.24, 2.45) is 0 Å². The number of hydrogen-bond acceptors (Lipinski definition) is 8. The summed E-state index contributed by atoms with van der Waals surface area (Å²) in [5.74, 6) is -1.88. The molecule has 2 aromatic rings. The van der Waals surface area contributed by atoms with Gasteiger partial charge in [-0.05, 0) is 12.1 Å². The van der Waals surface area contributed by atoms with Crippen LogP contribution in [0, 0.1) is 0 Å². The Kier molecular flexibility index (Phi) is 5.06. The molecule has 9 nitrogen and oxygen atoms in total. The van der Waals surface area contributed by atoms with E-state index in [2.05, 4.69) is 0 Å². The Morgan fingerprint density at radius 3 is 2.36 bits per heavy atom. The molecule has 0 radical (unpaired) electrons. The summed E-state index contributed by atoms with van der Waals surface area (Å²) in [6.45, 7) is 0. The van der Waals surface area contributed by atoms with Gasteiger partial charge in [0.2, 0.25) is 6.29 Å². The first-order valence-corrected chi connectivity index (χ1v) is 7.73. The number of aliphatic hydroxyl groups is 3. The molecule has 1 saturated heterocycles. The SMILES string of the molecule is O=C(O)[C@@H]1O[C@@H](Oc2ccc3c(C(F)(F)F)cc(=O)oc3c2)[C@H](O)[C@@H](O)[C@@H]1O. The molecule has 1 fully saturated rings. The summed E-state index contributed by atoms with van der Waals surface area (Å²) in [7, 11) is 0. The molecule has 1 aliphatic rings. The van der Waals surface area contributed by atoms with Crippen LogP contribution in [0.25, 0.3) is 11.0 Å². The summed E-state index contributed by atoms with van der Waals surface area (Å²) in [4.78, 5) is 22.5. The molecule has 1 aromatic heterocycles. The predicted octanol–water partition coefficient (Wildman–Crippen LogP) is 0.0828. The fourth-order valence-corrected chi connectivity index (χ4v) is 2.73. The minimum absolute atomic E-state index is 0.244. The van der Waals surface area contributed by atoms with Crippen LogP contribution in [0.2, 0.25) is 0 Å². The Labute approximate surface area is 153 Å². The van der Waals surface area contributed by atoms with Crippen molar-refractivity contribution in [1.82, 2.24) is 0 Å². The molecule has 0 unspecified atom stereocenters. The molecular formula is C16H13F3O9. The van der Waals surface area contributed by atoms with Crippen LogP contribution in [0.5, 0.6) is 5.75 Å². The number of aliphatic carboxylic acids is 1. The maximum atomic E-state index is 13.0. The smallest absolute Gasteiger partial charge is 0.417 e. The number of halogens is 3. The number of aliphatic hydroxyl groups excluding tert-OH is 3. The molecule has 12 heteroatoms. The monoisotopic (exact) mass is 406 g/mol. The summed E-state index contributed by atoms with van der Waals surface area (Å²) >= 11 is 0. The second kappa shape index (κ2) is 7.05. The highest BCUT2D eigenvalue weighted by Crippen LogP contribution is 2.35. The number of carboxylic acids is 1. The lowest BCUT2D eigenvalue weighted by molar-refractivity contribution is -0.271. The van der Waals surface area contributed by atoms with Gasteiger partial charge in [0.05, 0.1) is 5.56 Å². The van der Waals surface area contributed by atoms with Crippen molar-refractivity contribution in [3.05, 3.63) is 40.2 Å². The number of hydrogen-bond donors (Lipinski definition) is 4. The number of carbonyl (C=O) groups is 1. The van der Waals surface area contributed by atoms with Gasteiger partial charge in [0, 0.05) is 17.5 Å². The van der Waals surface area contributed by atoms with E-state index >= 15 is 0 Å². The van der Waals surface area contributed by atoms with Crippen molar-refractivity contribution in [2.45, 2.75) is 36.9 Å². The van der Waals surface area contributed by atoms with Crippen molar-refractivity contribution in [3.63, 3.8) is 0 Å². The van der Waals surface area contributed by atoms with E-state index in [1.54, 1.807) is 0 Å². The van der Waals surface area contributed by atoms with Gasteiger partial charge in [-0.3, -0.25) is 0 Å². The summed E-state index contributed by atoms with van der Waals surface area (Å²) in [6.07, 6.45) is -14.2. The van der Waals surface area contributed by atoms with Crippen LogP contribution in [-0.4, -0.2) is 57.1 Å². The molecule has 2 heterocycles. The number of ether oxygens (including phenoxy) is 2. The Bertz CT molecular complexity index is 955. The standard InChI is InChI=1S/C16H13F3O9/c17-16(18,19)7-4-9(20)27-8-3-5(1-2-6(7)8)26-15-12(23)10(21)11(22)13(28-15)14(24)25/h1-4,10-13,15,21-23H,(H,24,25)/t10-,11-,12+,13+,15+/m0/s1. The first kappa shape index (κ1) is 20.1. The number of benzene rings is 1. The van der Waals surface area contributed by atoms with Crippen LogP contribution in [0.1, 0.15) is 5.56 Å². The first-order valence-electron chi connectivity index (χ1n) is 7.73. The zero-order valence-electron chi connectivity index (χ0n) is 13.7. The van der Waals surface area contributed by atoms with Crippen molar-refractivity contribution in [2.75, 3.05) is 0 Å². The quantitative estimate of drug-likeness (QED) is 0.521.